The van der Waals surface area contributed by atoms with E-state index in [2.05, 4.69) is 98.2 Å². The average Bonchev–Trinajstić information content (AvgIpc) is 2.46. The fourth-order valence-electron chi connectivity index (χ4n) is 4.11. The van der Waals surface area contributed by atoms with Crippen molar-refractivity contribution in [2.75, 3.05) is 6.61 Å². The minimum atomic E-state index is -1.91. The maximum Gasteiger partial charge on any atom is 0.184 e. The minimum Gasteiger partial charge on any atom is -0.415 e. The van der Waals surface area contributed by atoms with Gasteiger partial charge in [-0.25, -0.2) is 0 Å². The van der Waals surface area contributed by atoms with Crippen LogP contribution in [0.3, 0.4) is 0 Å². The van der Waals surface area contributed by atoms with Crippen LogP contribution < -0.4 is 0 Å². The molecule has 32 heavy (non-hydrogen) atoms. The molecule has 1 fully saturated rings. The lowest BCUT2D eigenvalue weighted by atomic mass is 9.79. The van der Waals surface area contributed by atoms with Crippen LogP contribution in [0.2, 0.25) is 98.2 Å². The molecule has 0 aromatic rings. The normalized spacial score (nSPS) is 28.8. The van der Waals surface area contributed by atoms with Crippen molar-refractivity contribution in [1.29, 1.82) is 0 Å². The van der Waals surface area contributed by atoms with Crippen molar-refractivity contribution in [3.63, 3.8) is 0 Å². The van der Waals surface area contributed by atoms with Crippen molar-refractivity contribution >= 4 is 41.6 Å². The summed E-state index contributed by atoms with van der Waals surface area (Å²) >= 11 is 0. The molecule has 5 nitrogen and oxygen atoms in total. The second-order valence-corrected chi connectivity index (χ2v) is 36.7. The zero-order valence-corrected chi connectivity index (χ0v) is 28.9. The Balaban J connectivity index is 3.59. The SMILES string of the molecule is C[Si](C)(C)OC[C@@]1(O[Si](C)(C)C)CC[C@@H](O[Si](C)(C)C)C(O[Si](C)(C)C)C1O[Si](C)(C)C. The van der Waals surface area contributed by atoms with Crippen LogP contribution in [-0.2, 0) is 22.1 Å². The summed E-state index contributed by atoms with van der Waals surface area (Å²) in [7, 11) is -9.16. The van der Waals surface area contributed by atoms with Crippen molar-refractivity contribution < 1.29 is 22.1 Å². The Morgan fingerprint density at radius 1 is 0.594 bits per heavy atom. The van der Waals surface area contributed by atoms with E-state index in [4.69, 9.17) is 22.1 Å². The summed E-state index contributed by atoms with van der Waals surface area (Å²) in [5.74, 6) is 0. The molecule has 0 bridgehead atoms. The van der Waals surface area contributed by atoms with Gasteiger partial charge >= 0.3 is 0 Å². The predicted molar refractivity (Wildman–Crippen MR) is 150 cm³/mol. The van der Waals surface area contributed by atoms with Gasteiger partial charge in [0.25, 0.3) is 0 Å². The van der Waals surface area contributed by atoms with Gasteiger partial charge in [0.15, 0.2) is 41.6 Å². The Morgan fingerprint density at radius 3 is 1.44 bits per heavy atom. The summed E-state index contributed by atoms with van der Waals surface area (Å²) in [4.78, 5) is 0. The van der Waals surface area contributed by atoms with Gasteiger partial charge in [-0.2, -0.15) is 0 Å². The molecule has 0 aromatic heterocycles. The highest BCUT2D eigenvalue weighted by molar-refractivity contribution is 6.71. The van der Waals surface area contributed by atoms with Gasteiger partial charge in [0.1, 0.15) is 11.7 Å². The van der Waals surface area contributed by atoms with E-state index in [1.165, 1.54) is 0 Å². The van der Waals surface area contributed by atoms with Crippen LogP contribution in [0.4, 0.5) is 0 Å². The third-order valence-corrected chi connectivity index (χ3v) is 9.75. The van der Waals surface area contributed by atoms with Crippen molar-refractivity contribution in [3.05, 3.63) is 0 Å². The van der Waals surface area contributed by atoms with Crippen molar-refractivity contribution in [3.8, 4) is 0 Å². The lowest BCUT2D eigenvalue weighted by Gasteiger charge is -2.55. The second-order valence-electron chi connectivity index (χ2n) is 14.3. The van der Waals surface area contributed by atoms with E-state index >= 15 is 0 Å². The van der Waals surface area contributed by atoms with Gasteiger partial charge in [-0.15, -0.1) is 0 Å². The molecule has 0 N–H and O–H groups in total. The Hall–Kier alpha value is 0.884. The quantitative estimate of drug-likeness (QED) is 0.268. The van der Waals surface area contributed by atoms with E-state index < -0.39 is 47.2 Å². The topological polar surface area (TPSA) is 46.2 Å². The first-order valence-electron chi connectivity index (χ1n) is 12.3. The maximum absolute atomic E-state index is 7.07. The van der Waals surface area contributed by atoms with Crippen molar-refractivity contribution in [1.82, 2.24) is 0 Å². The Labute approximate surface area is 204 Å². The molecular weight excluding hydrogens is 485 g/mol. The molecule has 0 spiro atoms. The van der Waals surface area contributed by atoms with Gasteiger partial charge in [-0.3, -0.25) is 0 Å². The average molecular weight is 539 g/mol. The summed E-state index contributed by atoms with van der Waals surface area (Å²) in [6.07, 6.45) is 1.54. The third kappa shape index (κ3) is 11.5. The first-order chi connectivity index (χ1) is 13.9. The van der Waals surface area contributed by atoms with E-state index in [-0.39, 0.29) is 18.3 Å². The van der Waals surface area contributed by atoms with Crippen LogP contribution in [-0.4, -0.2) is 72.1 Å². The van der Waals surface area contributed by atoms with Crippen molar-refractivity contribution in [2.24, 2.45) is 0 Å². The van der Waals surface area contributed by atoms with E-state index in [1.54, 1.807) is 0 Å². The van der Waals surface area contributed by atoms with Crippen LogP contribution in [0.25, 0.3) is 0 Å². The molecule has 1 aliphatic carbocycles. The first kappa shape index (κ1) is 30.9. The molecule has 0 aliphatic heterocycles. The van der Waals surface area contributed by atoms with Crippen LogP contribution in [0.5, 0.6) is 0 Å². The molecule has 0 radical (unpaired) electrons. The molecule has 10 heteroatoms. The van der Waals surface area contributed by atoms with Crippen LogP contribution >= 0.6 is 0 Å². The summed E-state index contributed by atoms with van der Waals surface area (Å²) < 4.78 is 34.3. The number of hydrogen-bond acceptors (Lipinski definition) is 5. The number of hydrogen-bond donors (Lipinski definition) is 0. The van der Waals surface area contributed by atoms with Crippen LogP contribution in [0.1, 0.15) is 12.8 Å². The molecule has 1 aliphatic rings. The van der Waals surface area contributed by atoms with Gasteiger partial charge in [0, 0.05) is 0 Å². The van der Waals surface area contributed by atoms with E-state index in [9.17, 15) is 0 Å². The smallest absolute Gasteiger partial charge is 0.184 e. The standard InChI is InChI=1S/C22H54O5Si5/c1-28(2,3)23-18-22(27-32(13,14)15)17-16-19(24-29(4,5)6)20(25-30(7,8)9)21(22)26-31(10,11)12/h19-21H,16-18H2,1-15H3/t19-,20?,21?,22+/m1/s1. The van der Waals surface area contributed by atoms with Gasteiger partial charge in [0.2, 0.25) is 0 Å². The highest BCUT2D eigenvalue weighted by Gasteiger charge is 2.56. The zero-order valence-electron chi connectivity index (χ0n) is 23.9. The third-order valence-electron chi connectivity index (χ3n) is 4.77. The summed E-state index contributed by atoms with van der Waals surface area (Å²) in [6, 6.07) is 0. The minimum absolute atomic E-state index is 0.0417. The lowest BCUT2D eigenvalue weighted by Crippen LogP contribution is -2.68. The number of rotatable bonds is 11. The fraction of sp³-hybridized carbons (Fsp3) is 1.00. The monoisotopic (exact) mass is 538 g/mol. The Morgan fingerprint density at radius 2 is 1.06 bits per heavy atom. The zero-order chi connectivity index (χ0) is 25.4. The molecule has 1 rings (SSSR count). The molecule has 0 saturated heterocycles. The van der Waals surface area contributed by atoms with Gasteiger partial charge in [-0.1, -0.05) is 0 Å². The first-order valence-corrected chi connectivity index (χ1v) is 29.3. The summed E-state index contributed by atoms with van der Waals surface area (Å²) in [6.45, 7) is 34.5. The highest BCUT2D eigenvalue weighted by atomic mass is 28.4. The summed E-state index contributed by atoms with van der Waals surface area (Å²) in [5, 5.41) is 0. The predicted octanol–water partition coefficient (Wildman–Crippen LogP) is 6.88. The van der Waals surface area contributed by atoms with Crippen molar-refractivity contribution in [2.45, 2.75) is 135 Å². The van der Waals surface area contributed by atoms with Gasteiger partial charge in [0.05, 0.1) is 18.8 Å². The summed E-state index contributed by atoms with van der Waals surface area (Å²) in [5.41, 5.74) is -0.491. The van der Waals surface area contributed by atoms with Crippen LogP contribution in [0, 0.1) is 0 Å². The van der Waals surface area contributed by atoms with Gasteiger partial charge < -0.3 is 22.1 Å². The van der Waals surface area contributed by atoms with Crippen LogP contribution in [0.15, 0.2) is 0 Å². The molecular formula is C22H54O5Si5. The molecule has 1 saturated carbocycles. The van der Waals surface area contributed by atoms with E-state index in [0.29, 0.717) is 6.61 Å². The molecule has 192 valence electrons. The maximum atomic E-state index is 7.07. The second kappa shape index (κ2) is 10.5. The molecule has 0 aromatic carbocycles. The van der Waals surface area contributed by atoms with E-state index in [0.717, 1.165) is 12.8 Å². The Bertz CT molecular complexity index is 598. The molecule has 0 amide bonds. The highest BCUT2D eigenvalue weighted by Crippen LogP contribution is 2.42. The van der Waals surface area contributed by atoms with Gasteiger partial charge in [-0.05, 0) is 111 Å². The fourth-order valence-corrected chi connectivity index (χ4v) is 9.65. The molecule has 0 heterocycles. The molecule has 2 unspecified atom stereocenters. The Kier molecular flexibility index (Phi) is 10.1. The molecule has 4 atom stereocenters. The largest absolute Gasteiger partial charge is 0.415 e. The lowest BCUT2D eigenvalue weighted by molar-refractivity contribution is -0.172. The van der Waals surface area contributed by atoms with E-state index in [1.807, 2.05) is 0 Å².